The van der Waals surface area contributed by atoms with Gasteiger partial charge in [0.2, 0.25) is 10.0 Å². The van der Waals surface area contributed by atoms with E-state index in [1.165, 1.54) is 22.5 Å². The van der Waals surface area contributed by atoms with Crippen LogP contribution in [0, 0.1) is 0 Å². The van der Waals surface area contributed by atoms with Gasteiger partial charge in [0.05, 0.1) is 30.6 Å². The summed E-state index contributed by atoms with van der Waals surface area (Å²) in [6.07, 6.45) is 4.53. The highest BCUT2D eigenvalue weighted by molar-refractivity contribution is 7.88. The summed E-state index contributed by atoms with van der Waals surface area (Å²) in [5, 5.41) is 10.4. The molecule has 40 heavy (non-hydrogen) atoms. The van der Waals surface area contributed by atoms with Crippen molar-refractivity contribution in [3.63, 3.8) is 0 Å². The summed E-state index contributed by atoms with van der Waals surface area (Å²) >= 11 is 0. The van der Waals surface area contributed by atoms with Crippen LogP contribution in [-0.4, -0.2) is 87.1 Å². The molecule has 0 amide bonds. The summed E-state index contributed by atoms with van der Waals surface area (Å²) in [4.78, 5) is 6.58. The van der Waals surface area contributed by atoms with Crippen molar-refractivity contribution in [2.75, 3.05) is 44.8 Å². The van der Waals surface area contributed by atoms with Crippen LogP contribution in [0.4, 0.5) is 5.82 Å². The van der Waals surface area contributed by atoms with Crippen LogP contribution < -0.4 is 5.73 Å². The summed E-state index contributed by atoms with van der Waals surface area (Å²) in [5.41, 5.74) is 12.0. The van der Waals surface area contributed by atoms with E-state index in [0.29, 0.717) is 45.1 Å². The fourth-order valence-electron chi connectivity index (χ4n) is 5.86. The molecule has 0 radical (unpaired) electrons. The first kappa shape index (κ1) is 25.1. The number of sulfonamides is 1. The molecular weight excluding hydrogens is 528 g/mol. The minimum absolute atomic E-state index is 0.0264. The van der Waals surface area contributed by atoms with E-state index in [1.54, 1.807) is 0 Å². The third-order valence-corrected chi connectivity index (χ3v) is 9.19. The SMILES string of the molecule is CS(=O)(=O)N1CCN2CC(c3cc(-c4ccc5cn(Cc6ccccc6)nc5c4)c4c(N)ncnn34)OCC2C1. The molecule has 5 heterocycles. The molecular formula is C28H30N8O3S. The van der Waals surface area contributed by atoms with E-state index in [4.69, 9.17) is 15.6 Å². The monoisotopic (exact) mass is 558 g/mol. The van der Waals surface area contributed by atoms with E-state index < -0.39 is 10.0 Å². The quantitative estimate of drug-likeness (QED) is 0.349. The van der Waals surface area contributed by atoms with Crippen LogP contribution in [-0.2, 0) is 21.3 Å². The van der Waals surface area contributed by atoms with Gasteiger partial charge in [0.1, 0.15) is 17.9 Å². The zero-order valence-electron chi connectivity index (χ0n) is 22.1. The van der Waals surface area contributed by atoms with Crippen LogP contribution in [0.5, 0.6) is 0 Å². The van der Waals surface area contributed by atoms with Gasteiger partial charge in [-0.2, -0.15) is 14.5 Å². The number of nitrogens with two attached hydrogens (primary N) is 1. The highest BCUT2D eigenvalue weighted by atomic mass is 32.2. The second-order valence-corrected chi connectivity index (χ2v) is 12.5. The number of rotatable bonds is 5. The summed E-state index contributed by atoms with van der Waals surface area (Å²) in [6.45, 7) is 3.36. The summed E-state index contributed by atoms with van der Waals surface area (Å²) in [7, 11) is -3.22. The Bertz CT molecular complexity index is 1820. The molecule has 0 aliphatic carbocycles. The third kappa shape index (κ3) is 4.52. The van der Waals surface area contributed by atoms with Gasteiger partial charge in [-0.3, -0.25) is 9.58 Å². The lowest BCUT2D eigenvalue weighted by atomic mass is 10.0. The molecule has 12 heteroatoms. The number of piperazine rings is 1. The van der Waals surface area contributed by atoms with Gasteiger partial charge in [-0.25, -0.2) is 17.9 Å². The molecule has 0 bridgehead atoms. The van der Waals surface area contributed by atoms with Gasteiger partial charge in [-0.15, -0.1) is 0 Å². The predicted molar refractivity (Wildman–Crippen MR) is 152 cm³/mol. The summed E-state index contributed by atoms with van der Waals surface area (Å²) in [6, 6.07) is 18.6. The minimum atomic E-state index is -3.22. The molecule has 5 aromatic rings. The van der Waals surface area contributed by atoms with Crippen LogP contribution in [0.15, 0.2) is 67.1 Å². The number of morpholine rings is 1. The standard InChI is InChI=1S/C28H30N8O3S/c1-40(37,38)35-10-9-33-16-26(39-17-22(33)15-35)25-12-23(27-28(29)30-18-31-36(25)27)20-7-8-21-14-34(32-24(21)11-20)13-19-5-3-2-4-6-19/h2-8,11-12,14,18,22,26H,9-10,13,15-17H2,1H3,(H2,29,30,31). The van der Waals surface area contributed by atoms with Gasteiger partial charge < -0.3 is 10.5 Å². The largest absolute Gasteiger partial charge is 0.382 e. The van der Waals surface area contributed by atoms with Crippen molar-refractivity contribution in [2.45, 2.75) is 18.7 Å². The Balaban J connectivity index is 1.21. The molecule has 0 saturated carbocycles. The number of fused-ring (bicyclic) bond motifs is 3. The van der Waals surface area contributed by atoms with Gasteiger partial charge in [0.15, 0.2) is 5.82 Å². The molecule has 2 N–H and O–H groups in total. The molecule has 2 aliphatic rings. The summed E-state index contributed by atoms with van der Waals surface area (Å²) in [5.74, 6) is 0.390. The number of aromatic nitrogens is 5. The second kappa shape index (κ2) is 9.66. The molecule has 2 aliphatic heterocycles. The number of anilines is 1. The molecule has 206 valence electrons. The van der Waals surface area contributed by atoms with Crippen molar-refractivity contribution in [2.24, 2.45) is 0 Å². The molecule has 3 aromatic heterocycles. The Kier molecular flexibility index (Phi) is 6.08. The molecule has 2 unspecified atom stereocenters. The number of nitrogen functional groups attached to an aromatic ring is 1. The van der Waals surface area contributed by atoms with Crippen LogP contribution in [0.25, 0.3) is 27.5 Å². The topological polar surface area (TPSA) is 124 Å². The molecule has 2 atom stereocenters. The van der Waals surface area contributed by atoms with Crippen molar-refractivity contribution < 1.29 is 13.2 Å². The normalized spacial score (nSPS) is 20.7. The predicted octanol–water partition coefficient (Wildman–Crippen LogP) is 2.39. The zero-order valence-corrected chi connectivity index (χ0v) is 22.9. The molecule has 11 nitrogen and oxygen atoms in total. The number of benzene rings is 2. The van der Waals surface area contributed by atoms with E-state index in [1.807, 2.05) is 27.4 Å². The van der Waals surface area contributed by atoms with Crippen molar-refractivity contribution in [3.05, 3.63) is 78.4 Å². The van der Waals surface area contributed by atoms with Crippen molar-refractivity contribution in [1.29, 1.82) is 0 Å². The molecule has 2 aromatic carbocycles. The van der Waals surface area contributed by atoms with E-state index in [2.05, 4.69) is 57.6 Å². The molecule has 0 spiro atoms. The number of hydrogen-bond donors (Lipinski definition) is 1. The molecule has 2 fully saturated rings. The van der Waals surface area contributed by atoms with Gasteiger partial charge >= 0.3 is 0 Å². The van der Waals surface area contributed by atoms with E-state index in [-0.39, 0.29) is 12.1 Å². The van der Waals surface area contributed by atoms with Gasteiger partial charge in [-0.05, 0) is 23.3 Å². The highest BCUT2D eigenvalue weighted by Crippen LogP contribution is 2.36. The lowest BCUT2D eigenvalue weighted by Gasteiger charge is -2.45. The molecule has 2 saturated heterocycles. The van der Waals surface area contributed by atoms with Gasteiger partial charge in [0.25, 0.3) is 0 Å². The fraction of sp³-hybridized carbons (Fsp3) is 0.321. The van der Waals surface area contributed by atoms with Crippen molar-refractivity contribution in [3.8, 4) is 11.1 Å². The van der Waals surface area contributed by atoms with Crippen LogP contribution in [0.3, 0.4) is 0 Å². The highest BCUT2D eigenvalue weighted by Gasteiger charge is 2.38. The zero-order chi connectivity index (χ0) is 27.4. The first-order chi connectivity index (χ1) is 19.3. The van der Waals surface area contributed by atoms with Crippen LogP contribution in [0.2, 0.25) is 0 Å². The fourth-order valence-corrected chi connectivity index (χ4v) is 6.72. The smallest absolute Gasteiger partial charge is 0.211 e. The van der Waals surface area contributed by atoms with Crippen molar-refractivity contribution >= 4 is 32.3 Å². The van der Waals surface area contributed by atoms with Crippen LogP contribution in [0.1, 0.15) is 17.4 Å². The lowest BCUT2D eigenvalue weighted by molar-refractivity contribution is -0.0830. The number of ether oxygens (including phenoxy) is 1. The maximum absolute atomic E-state index is 12.1. The Morgan fingerprint density at radius 1 is 1.07 bits per heavy atom. The average molecular weight is 559 g/mol. The number of hydrogen-bond acceptors (Lipinski definition) is 8. The molecule has 7 rings (SSSR count). The maximum Gasteiger partial charge on any atom is 0.211 e. The summed E-state index contributed by atoms with van der Waals surface area (Å²) < 4.78 is 35.8. The number of nitrogens with zero attached hydrogens (tertiary/aromatic N) is 7. The van der Waals surface area contributed by atoms with E-state index in [0.717, 1.165) is 33.2 Å². The Labute approximate surface area is 231 Å². The van der Waals surface area contributed by atoms with E-state index >= 15 is 0 Å². The van der Waals surface area contributed by atoms with Crippen molar-refractivity contribution in [1.82, 2.24) is 33.6 Å². The Morgan fingerprint density at radius 3 is 2.75 bits per heavy atom. The maximum atomic E-state index is 12.1. The Hall–Kier alpha value is -3.84. The lowest BCUT2D eigenvalue weighted by Crippen LogP contribution is -2.59. The first-order valence-electron chi connectivity index (χ1n) is 13.3. The third-order valence-electron chi connectivity index (χ3n) is 7.92. The first-order valence-corrected chi connectivity index (χ1v) is 15.1. The Morgan fingerprint density at radius 2 is 1.93 bits per heavy atom. The minimum Gasteiger partial charge on any atom is -0.382 e. The van der Waals surface area contributed by atoms with Gasteiger partial charge in [-0.1, -0.05) is 42.5 Å². The average Bonchev–Trinajstić information content (AvgIpc) is 3.54. The van der Waals surface area contributed by atoms with E-state index in [9.17, 15) is 8.42 Å². The van der Waals surface area contributed by atoms with Crippen LogP contribution >= 0.6 is 0 Å². The van der Waals surface area contributed by atoms with Gasteiger partial charge in [0, 0.05) is 49.4 Å². The second-order valence-electron chi connectivity index (χ2n) is 10.6.